The molecule has 0 unspecified atom stereocenters. The average Bonchev–Trinajstić information content (AvgIpc) is 2.97. The Bertz CT molecular complexity index is 1670. The highest BCUT2D eigenvalue weighted by atomic mass is 35.5. The third-order valence-electron chi connectivity index (χ3n) is 6.04. The van der Waals surface area contributed by atoms with Gasteiger partial charge in [-0.3, -0.25) is 0 Å². The number of nitrogen functional groups attached to an aromatic ring is 1. The van der Waals surface area contributed by atoms with Crippen molar-refractivity contribution in [2.24, 2.45) is 0 Å². The zero-order valence-corrected chi connectivity index (χ0v) is 26.1. The number of alkyl halides is 2. The first-order valence-corrected chi connectivity index (χ1v) is 14.9. The van der Waals surface area contributed by atoms with E-state index in [9.17, 15) is 0 Å². The molecule has 2 aromatic heterocycles. The van der Waals surface area contributed by atoms with Crippen LogP contribution in [0, 0.1) is 13.8 Å². The van der Waals surface area contributed by atoms with Crippen LogP contribution in [-0.4, -0.2) is 44.9 Å². The molecule has 42 heavy (non-hydrogen) atoms. The van der Waals surface area contributed by atoms with Crippen molar-refractivity contribution in [1.29, 1.82) is 0 Å². The van der Waals surface area contributed by atoms with Gasteiger partial charge in [-0.2, -0.15) is 0 Å². The zero-order valence-electron chi connectivity index (χ0n) is 23.0. The van der Waals surface area contributed by atoms with Crippen molar-refractivity contribution >= 4 is 73.9 Å². The molecule has 220 valence electrons. The summed E-state index contributed by atoms with van der Waals surface area (Å²) >= 11 is 23.3. The Labute approximate surface area is 264 Å². The number of fused-ring (bicyclic) bond motifs is 2. The number of ether oxygens (including phenoxy) is 3. The van der Waals surface area contributed by atoms with E-state index in [2.05, 4.69) is 19.9 Å². The van der Waals surface area contributed by atoms with E-state index in [1.807, 2.05) is 38.1 Å². The van der Waals surface area contributed by atoms with Crippen molar-refractivity contribution in [1.82, 2.24) is 19.9 Å². The number of anilines is 1. The molecule has 3 aromatic carbocycles. The van der Waals surface area contributed by atoms with E-state index < -0.39 is 0 Å². The summed E-state index contributed by atoms with van der Waals surface area (Å²) in [5.41, 5.74) is 9.73. The molecule has 0 saturated heterocycles. The maximum atomic E-state index is 6.04. The molecular formula is C30H29Cl4N5O3. The van der Waals surface area contributed by atoms with Gasteiger partial charge < -0.3 is 19.9 Å². The summed E-state index contributed by atoms with van der Waals surface area (Å²) in [6.45, 7) is 5.11. The molecule has 0 atom stereocenters. The van der Waals surface area contributed by atoms with Crippen LogP contribution in [0.2, 0.25) is 10.2 Å². The van der Waals surface area contributed by atoms with Gasteiger partial charge in [-0.05, 0) is 62.1 Å². The van der Waals surface area contributed by atoms with Crippen molar-refractivity contribution in [3.8, 4) is 23.1 Å². The number of hydrogen-bond donors (Lipinski definition) is 1. The fourth-order valence-electron chi connectivity index (χ4n) is 3.88. The Morgan fingerprint density at radius 1 is 0.714 bits per heavy atom. The Hall–Kier alpha value is -3.30. The van der Waals surface area contributed by atoms with Crippen molar-refractivity contribution < 1.29 is 14.2 Å². The Balaban J connectivity index is 0.000000208. The lowest BCUT2D eigenvalue weighted by atomic mass is 10.1. The first kappa shape index (κ1) is 31.6. The van der Waals surface area contributed by atoms with Crippen LogP contribution in [0.3, 0.4) is 0 Å². The molecule has 8 nitrogen and oxygen atoms in total. The molecule has 0 radical (unpaired) electrons. The summed E-state index contributed by atoms with van der Waals surface area (Å²) in [6.07, 6.45) is 4.51. The third kappa shape index (κ3) is 8.16. The molecule has 0 bridgehead atoms. The minimum Gasteiger partial charge on any atom is -0.493 e. The lowest BCUT2D eigenvalue weighted by molar-refractivity contribution is 0.316. The second kappa shape index (κ2) is 15.3. The topological polar surface area (TPSA) is 105 Å². The van der Waals surface area contributed by atoms with E-state index in [1.165, 1.54) is 12.7 Å². The number of aryl methyl sites for hydroxylation is 2. The highest BCUT2D eigenvalue weighted by Crippen LogP contribution is 2.33. The maximum absolute atomic E-state index is 6.04. The van der Waals surface area contributed by atoms with Gasteiger partial charge in [-0.25, -0.2) is 19.9 Å². The van der Waals surface area contributed by atoms with Gasteiger partial charge in [-0.1, -0.05) is 23.2 Å². The monoisotopic (exact) mass is 647 g/mol. The van der Waals surface area contributed by atoms with E-state index in [-0.39, 0.29) is 0 Å². The number of nitrogens with zero attached hydrogens (tertiary/aromatic N) is 4. The molecule has 0 aliphatic carbocycles. The molecule has 0 fully saturated rings. The fourth-order valence-corrected chi connectivity index (χ4v) is 4.46. The Morgan fingerprint density at radius 2 is 1.29 bits per heavy atom. The lowest BCUT2D eigenvalue weighted by Gasteiger charge is -2.12. The standard InChI is InChI=1S/C18H17Cl2N3O2.C12H12Cl2N2O/c1-11-7-13-16(9-17(11)24-6-2-5-19)22-10-23-18(13)25-12-3-4-15(21)14(20)8-12;1-8-5-9-10(15-7-16-12(9)14)6-11(8)17-4-2-3-13/h3-4,7-10H,2,5-6,21H2,1H3;5-7H,2-4H2,1H3. The van der Waals surface area contributed by atoms with E-state index >= 15 is 0 Å². The van der Waals surface area contributed by atoms with Crippen molar-refractivity contribution in [2.75, 3.05) is 30.7 Å². The number of hydrogen-bond acceptors (Lipinski definition) is 8. The summed E-state index contributed by atoms with van der Waals surface area (Å²) < 4.78 is 17.3. The molecule has 0 spiro atoms. The highest BCUT2D eigenvalue weighted by molar-refractivity contribution is 6.34. The first-order chi connectivity index (χ1) is 20.3. The van der Waals surface area contributed by atoms with Gasteiger partial charge in [0.25, 0.3) is 0 Å². The van der Waals surface area contributed by atoms with Crippen LogP contribution in [0.1, 0.15) is 24.0 Å². The quantitative estimate of drug-likeness (QED) is 0.0695. The molecular weight excluding hydrogens is 620 g/mol. The number of rotatable bonds is 10. The third-order valence-corrected chi connectivity index (χ3v) is 7.20. The summed E-state index contributed by atoms with van der Waals surface area (Å²) in [7, 11) is 0. The molecule has 0 aliphatic heterocycles. The lowest BCUT2D eigenvalue weighted by Crippen LogP contribution is -2.00. The summed E-state index contributed by atoms with van der Waals surface area (Å²) in [5.74, 6) is 3.76. The Kier molecular flexibility index (Phi) is 11.5. The Morgan fingerprint density at radius 3 is 1.88 bits per heavy atom. The molecule has 5 rings (SSSR count). The van der Waals surface area contributed by atoms with E-state index in [0.29, 0.717) is 52.5 Å². The second-order valence-electron chi connectivity index (χ2n) is 9.18. The number of aromatic nitrogens is 4. The van der Waals surface area contributed by atoms with Gasteiger partial charge in [0.1, 0.15) is 35.1 Å². The average molecular weight is 649 g/mol. The van der Waals surface area contributed by atoms with Gasteiger partial charge in [-0.15, -0.1) is 23.2 Å². The van der Waals surface area contributed by atoms with Crippen LogP contribution >= 0.6 is 46.4 Å². The predicted octanol–water partition coefficient (Wildman–Crippen LogP) is 8.57. The molecule has 0 saturated carbocycles. The zero-order chi connectivity index (χ0) is 30.1. The van der Waals surface area contributed by atoms with Crippen LogP contribution in [0.15, 0.2) is 55.1 Å². The summed E-state index contributed by atoms with van der Waals surface area (Å²) in [6, 6.07) is 12.7. The fraction of sp³-hybridized carbons (Fsp3) is 0.267. The highest BCUT2D eigenvalue weighted by Gasteiger charge is 2.11. The normalized spacial score (nSPS) is 10.8. The van der Waals surface area contributed by atoms with Crippen LogP contribution in [0.4, 0.5) is 5.69 Å². The van der Waals surface area contributed by atoms with E-state index in [1.54, 1.807) is 18.2 Å². The van der Waals surface area contributed by atoms with Crippen LogP contribution < -0.4 is 19.9 Å². The molecule has 0 amide bonds. The van der Waals surface area contributed by atoms with Gasteiger partial charge in [0.2, 0.25) is 5.88 Å². The van der Waals surface area contributed by atoms with Crippen LogP contribution in [0.25, 0.3) is 21.8 Å². The van der Waals surface area contributed by atoms with Crippen LogP contribution in [0.5, 0.6) is 23.1 Å². The first-order valence-electron chi connectivity index (χ1n) is 13.1. The molecule has 12 heteroatoms. The van der Waals surface area contributed by atoms with Crippen molar-refractivity contribution in [3.05, 3.63) is 76.4 Å². The van der Waals surface area contributed by atoms with E-state index in [0.717, 1.165) is 57.3 Å². The van der Waals surface area contributed by atoms with Gasteiger partial charge >= 0.3 is 0 Å². The number of halogens is 4. The molecule has 5 aromatic rings. The molecule has 2 heterocycles. The van der Waals surface area contributed by atoms with Crippen LogP contribution in [-0.2, 0) is 0 Å². The maximum Gasteiger partial charge on any atom is 0.230 e. The summed E-state index contributed by atoms with van der Waals surface area (Å²) in [4.78, 5) is 16.7. The van der Waals surface area contributed by atoms with Crippen molar-refractivity contribution in [3.63, 3.8) is 0 Å². The van der Waals surface area contributed by atoms with Gasteiger partial charge in [0.05, 0.1) is 40.3 Å². The number of benzene rings is 3. The SMILES string of the molecule is Cc1cc2c(Cl)ncnc2cc1OCCCCl.Cc1cc2c(Oc3ccc(N)c(Cl)c3)ncnc2cc1OCCCCl. The summed E-state index contributed by atoms with van der Waals surface area (Å²) in [5, 5.41) is 2.53. The van der Waals surface area contributed by atoms with Gasteiger partial charge in [0.15, 0.2) is 0 Å². The minimum absolute atomic E-state index is 0.432. The largest absolute Gasteiger partial charge is 0.493 e. The second-order valence-corrected chi connectivity index (χ2v) is 10.7. The minimum atomic E-state index is 0.432. The smallest absolute Gasteiger partial charge is 0.230 e. The molecule has 2 N–H and O–H groups in total. The predicted molar refractivity (Wildman–Crippen MR) is 171 cm³/mol. The molecule has 0 aliphatic rings. The number of nitrogens with two attached hydrogens (primary N) is 1. The van der Waals surface area contributed by atoms with E-state index in [4.69, 9.17) is 66.3 Å². The van der Waals surface area contributed by atoms with Gasteiger partial charge in [0, 0.05) is 35.3 Å². The van der Waals surface area contributed by atoms with Crippen molar-refractivity contribution in [2.45, 2.75) is 26.7 Å².